The lowest BCUT2D eigenvalue weighted by Gasteiger charge is -2.23. The number of nitrogens with one attached hydrogen (secondary N) is 1. The number of carbonyl (C=O) groups is 2. The second-order valence-corrected chi connectivity index (χ2v) is 5.30. The summed E-state index contributed by atoms with van der Waals surface area (Å²) in [4.78, 5) is 22.8. The fourth-order valence-electron chi connectivity index (χ4n) is 1.39. The Kier molecular flexibility index (Phi) is 5.60. The van der Waals surface area contributed by atoms with Gasteiger partial charge in [-0.15, -0.1) is 0 Å². The highest BCUT2D eigenvalue weighted by molar-refractivity contribution is 6.42. The monoisotopic (exact) mass is 315 g/mol. The number of hydrogen-bond donors (Lipinski definition) is 2. The van der Waals surface area contributed by atoms with Crippen molar-refractivity contribution in [2.24, 2.45) is 0 Å². The molecule has 0 bridgehead atoms. The zero-order chi connectivity index (χ0) is 15.3. The number of aliphatic carboxylic acids is 1. The number of carboxylic acids is 1. The van der Waals surface area contributed by atoms with Crippen molar-refractivity contribution in [1.82, 2.24) is 5.32 Å². The predicted octanol–water partition coefficient (Wildman–Crippen LogP) is 3.38. The first-order valence-corrected chi connectivity index (χ1v) is 6.73. The number of benzene rings is 1. The Morgan fingerprint density at radius 2 is 2.00 bits per heavy atom. The van der Waals surface area contributed by atoms with E-state index in [-0.39, 0.29) is 6.42 Å². The summed E-state index contributed by atoms with van der Waals surface area (Å²) in [6.07, 6.45) is 3.08. The normalized spacial score (nSPS) is 14.0. The van der Waals surface area contributed by atoms with Gasteiger partial charge >= 0.3 is 5.97 Å². The van der Waals surface area contributed by atoms with E-state index in [0.717, 1.165) is 0 Å². The van der Waals surface area contributed by atoms with Crippen molar-refractivity contribution in [3.63, 3.8) is 0 Å². The summed E-state index contributed by atoms with van der Waals surface area (Å²) in [6.45, 7) is 3.15. The van der Waals surface area contributed by atoms with E-state index in [1.165, 1.54) is 19.1 Å². The van der Waals surface area contributed by atoms with Crippen molar-refractivity contribution in [3.05, 3.63) is 39.9 Å². The van der Waals surface area contributed by atoms with Crippen LogP contribution in [0.15, 0.2) is 24.3 Å². The molecular formula is C14H15Cl2NO3. The third kappa shape index (κ3) is 4.25. The molecule has 1 unspecified atom stereocenters. The quantitative estimate of drug-likeness (QED) is 0.819. The lowest BCUT2D eigenvalue weighted by atomic mass is 9.99. The maximum absolute atomic E-state index is 11.7. The molecule has 0 aliphatic carbocycles. The van der Waals surface area contributed by atoms with Gasteiger partial charge in [-0.2, -0.15) is 0 Å². The molecule has 1 amide bonds. The highest BCUT2D eigenvalue weighted by atomic mass is 35.5. The zero-order valence-electron chi connectivity index (χ0n) is 11.1. The van der Waals surface area contributed by atoms with E-state index in [1.807, 2.05) is 0 Å². The number of amides is 1. The maximum atomic E-state index is 11.7. The zero-order valence-corrected chi connectivity index (χ0v) is 12.6. The molecule has 4 nitrogen and oxygen atoms in total. The lowest BCUT2D eigenvalue weighted by molar-refractivity contribution is -0.146. The Hall–Kier alpha value is -1.52. The molecule has 0 fully saturated rings. The fraction of sp³-hybridized carbons (Fsp3) is 0.286. The minimum atomic E-state index is -1.28. The Labute approximate surface area is 127 Å². The molecule has 1 aromatic rings. The molecule has 6 heteroatoms. The molecule has 0 saturated carbocycles. The van der Waals surface area contributed by atoms with Gasteiger partial charge in [0.05, 0.1) is 10.0 Å². The summed E-state index contributed by atoms with van der Waals surface area (Å²) in [5.41, 5.74) is -0.581. The Bertz CT molecular complexity index is 557. The molecule has 1 aromatic carbocycles. The van der Waals surface area contributed by atoms with Crippen molar-refractivity contribution >= 4 is 41.2 Å². The Morgan fingerprint density at radius 3 is 2.50 bits per heavy atom. The average Bonchev–Trinajstić information content (AvgIpc) is 2.39. The van der Waals surface area contributed by atoms with Crippen LogP contribution in [0.5, 0.6) is 0 Å². The summed E-state index contributed by atoms with van der Waals surface area (Å²) in [7, 11) is 0. The van der Waals surface area contributed by atoms with Crippen LogP contribution in [0.1, 0.15) is 25.8 Å². The third-order valence-corrected chi connectivity index (χ3v) is 3.69. The number of rotatable bonds is 5. The summed E-state index contributed by atoms with van der Waals surface area (Å²) < 4.78 is 0. The molecule has 2 N–H and O–H groups in total. The van der Waals surface area contributed by atoms with Crippen LogP contribution in [0.3, 0.4) is 0 Å². The van der Waals surface area contributed by atoms with Gasteiger partial charge in [0.1, 0.15) is 5.54 Å². The average molecular weight is 316 g/mol. The molecule has 0 aliphatic rings. The van der Waals surface area contributed by atoms with E-state index in [0.29, 0.717) is 15.6 Å². The van der Waals surface area contributed by atoms with Crippen molar-refractivity contribution in [2.45, 2.75) is 25.8 Å². The molecule has 0 spiro atoms. The van der Waals surface area contributed by atoms with Gasteiger partial charge in [-0.25, -0.2) is 4.79 Å². The third-order valence-electron chi connectivity index (χ3n) is 2.95. The number of carbonyl (C=O) groups excluding carboxylic acids is 1. The van der Waals surface area contributed by atoms with Gasteiger partial charge in [-0.05, 0) is 37.1 Å². The Balaban J connectivity index is 2.77. The van der Waals surface area contributed by atoms with E-state index in [1.54, 1.807) is 25.1 Å². The Morgan fingerprint density at radius 1 is 1.35 bits per heavy atom. The van der Waals surface area contributed by atoms with E-state index < -0.39 is 17.4 Å². The van der Waals surface area contributed by atoms with Crippen LogP contribution < -0.4 is 5.32 Å². The maximum Gasteiger partial charge on any atom is 0.329 e. The molecule has 1 rings (SSSR count). The highest BCUT2D eigenvalue weighted by Gasteiger charge is 2.31. The first kappa shape index (κ1) is 16.5. The summed E-state index contributed by atoms with van der Waals surface area (Å²) in [6, 6.07) is 4.94. The van der Waals surface area contributed by atoms with Crippen molar-refractivity contribution in [1.29, 1.82) is 0 Å². The van der Waals surface area contributed by atoms with Gasteiger partial charge in [0, 0.05) is 6.08 Å². The molecule has 0 radical (unpaired) electrons. The van der Waals surface area contributed by atoms with Crippen molar-refractivity contribution in [2.75, 3.05) is 0 Å². The molecule has 0 aliphatic heterocycles. The smallest absolute Gasteiger partial charge is 0.329 e. The van der Waals surface area contributed by atoms with Crippen LogP contribution >= 0.6 is 23.2 Å². The first-order chi connectivity index (χ1) is 9.28. The molecule has 20 heavy (non-hydrogen) atoms. The summed E-state index contributed by atoms with van der Waals surface area (Å²) in [5.74, 6) is -1.56. The van der Waals surface area contributed by atoms with Crippen LogP contribution in [-0.4, -0.2) is 22.5 Å². The molecule has 0 heterocycles. The van der Waals surface area contributed by atoms with Gasteiger partial charge in [-0.1, -0.05) is 36.2 Å². The molecule has 108 valence electrons. The summed E-state index contributed by atoms with van der Waals surface area (Å²) in [5, 5.41) is 12.3. The molecular weight excluding hydrogens is 301 g/mol. The van der Waals surface area contributed by atoms with Gasteiger partial charge in [-0.3, -0.25) is 4.79 Å². The number of carboxylic acid groups (broad SMARTS) is 1. The van der Waals surface area contributed by atoms with Crippen LogP contribution in [0.2, 0.25) is 10.0 Å². The minimum Gasteiger partial charge on any atom is -0.480 e. The minimum absolute atomic E-state index is 0.286. The fourth-order valence-corrected chi connectivity index (χ4v) is 1.70. The topological polar surface area (TPSA) is 66.4 Å². The highest BCUT2D eigenvalue weighted by Crippen LogP contribution is 2.23. The van der Waals surface area contributed by atoms with Gasteiger partial charge < -0.3 is 10.4 Å². The van der Waals surface area contributed by atoms with E-state index in [2.05, 4.69) is 5.32 Å². The summed E-state index contributed by atoms with van der Waals surface area (Å²) >= 11 is 11.6. The molecule has 0 aromatic heterocycles. The largest absolute Gasteiger partial charge is 0.480 e. The first-order valence-electron chi connectivity index (χ1n) is 5.97. The van der Waals surface area contributed by atoms with Crippen molar-refractivity contribution < 1.29 is 14.7 Å². The molecule has 0 saturated heterocycles. The number of hydrogen-bond acceptors (Lipinski definition) is 2. The predicted molar refractivity (Wildman–Crippen MR) is 80.0 cm³/mol. The second kappa shape index (κ2) is 6.77. The van der Waals surface area contributed by atoms with Gasteiger partial charge in [0.25, 0.3) is 0 Å². The molecule has 1 atom stereocenters. The van der Waals surface area contributed by atoms with E-state index in [9.17, 15) is 9.59 Å². The number of halogens is 2. The van der Waals surface area contributed by atoms with Gasteiger partial charge in [0.2, 0.25) is 5.91 Å². The van der Waals surface area contributed by atoms with Gasteiger partial charge in [0.15, 0.2) is 0 Å². The standard InChI is InChI=1S/C14H15Cl2NO3/c1-3-14(2,13(19)20)17-12(18)7-5-9-4-6-10(15)11(16)8-9/h4-8H,3H2,1-2H3,(H,17,18)(H,19,20). The van der Waals surface area contributed by atoms with Crippen molar-refractivity contribution in [3.8, 4) is 0 Å². The second-order valence-electron chi connectivity index (χ2n) is 4.49. The lowest BCUT2D eigenvalue weighted by Crippen LogP contribution is -2.51. The van der Waals surface area contributed by atoms with E-state index >= 15 is 0 Å². The van der Waals surface area contributed by atoms with Crippen LogP contribution in [0.4, 0.5) is 0 Å². The van der Waals surface area contributed by atoms with Crippen LogP contribution in [-0.2, 0) is 9.59 Å². The SMILES string of the molecule is CCC(C)(NC(=O)C=Cc1ccc(Cl)c(Cl)c1)C(=O)O. The van der Waals surface area contributed by atoms with Crippen LogP contribution in [0, 0.1) is 0 Å². The van der Waals surface area contributed by atoms with E-state index in [4.69, 9.17) is 28.3 Å². The van der Waals surface area contributed by atoms with Crippen LogP contribution in [0.25, 0.3) is 6.08 Å².